The van der Waals surface area contributed by atoms with Crippen molar-refractivity contribution in [2.45, 2.75) is 77.1 Å². The third-order valence-electron chi connectivity index (χ3n) is 3.32. The van der Waals surface area contributed by atoms with E-state index in [2.05, 4.69) is 25.1 Å². The van der Waals surface area contributed by atoms with Gasteiger partial charge in [-0.05, 0) is 51.9 Å². The molecule has 0 spiro atoms. The maximum Gasteiger partial charge on any atom is 0.157 e. The van der Waals surface area contributed by atoms with Crippen LogP contribution in [0.1, 0.15) is 64.7 Å². The lowest BCUT2D eigenvalue weighted by molar-refractivity contribution is -0.183. The molecule has 0 amide bonds. The average Bonchev–Trinajstić information content (AvgIpc) is 2.43. The van der Waals surface area contributed by atoms with Crippen LogP contribution < -0.4 is 0 Å². The SMILES string of the molecule is CC(C/C=C/CCCCCC#N)OC1CCCCO1. The van der Waals surface area contributed by atoms with Gasteiger partial charge in [-0.15, -0.1) is 0 Å². The van der Waals surface area contributed by atoms with Crippen LogP contribution in [-0.2, 0) is 9.47 Å². The molecule has 3 heteroatoms. The molecule has 1 aliphatic heterocycles. The van der Waals surface area contributed by atoms with Crippen molar-refractivity contribution in [3.05, 3.63) is 12.2 Å². The number of rotatable bonds is 9. The fourth-order valence-electron chi connectivity index (χ4n) is 2.18. The Bertz CT molecular complexity index is 277. The van der Waals surface area contributed by atoms with Crippen molar-refractivity contribution in [1.29, 1.82) is 5.26 Å². The Morgan fingerprint density at radius 2 is 2.21 bits per heavy atom. The molecule has 0 N–H and O–H groups in total. The zero-order valence-corrected chi connectivity index (χ0v) is 12.1. The predicted molar refractivity (Wildman–Crippen MR) is 76.6 cm³/mol. The van der Waals surface area contributed by atoms with Gasteiger partial charge < -0.3 is 9.47 Å². The van der Waals surface area contributed by atoms with Crippen LogP contribution >= 0.6 is 0 Å². The summed E-state index contributed by atoms with van der Waals surface area (Å²) in [5.74, 6) is 0. The third kappa shape index (κ3) is 8.80. The fraction of sp³-hybridized carbons (Fsp3) is 0.812. The number of unbranched alkanes of at least 4 members (excludes halogenated alkanes) is 4. The molecule has 108 valence electrons. The molecule has 0 aromatic rings. The Kier molecular flexibility index (Phi) is 9.40. The number of ether oxygens (including phenoxy) is 2. The number of nitriles is 1. The van der Waals surface area contributed by atoms with Crippen LogP contribution in [0.5, 0.6) is 0 Å². The Morgan fingerprint density at radius 1 is 1.32 bits per heavy atom. The van der Waals surface area contributed by atoms with E-state index in [0.29, 0.717) is 6.42 Å². The van der Waals surface area contributed by atoms with Crippen LogP contribution in [0, 0.1) is 11.3 Å². The monoisotopic (exact) mass is 265 g/mol. The Balaban J connectivity index is 1.96. The second kappa shape index (κ2) is 11.0. The van der Waals surface area contributed by atoms with Gasteiger partial charge in [-0.25, -0.2) is 0 Å². The summed E-state index contributed by atoms with van der Waals surface area (Å²) in [5.41, 5.74) is 0. The van der Waals surface area contributed by atoms with Crippen LogP contribution in [-0.4, -0.2) is 19.0 Å². The smallest absolute Gasteiger partial charge is 0.157 e. The predicted octanol–water partition coefficient (Wildman–Crippen LogP) is 4.34. The van der Waals surface area contributed by atoms with Gasteiger partial charge in [0.1, 0.15) is 0 Å². The van der Waals surface area contributed by atoms with Crippen molar-refractivity contribution in [1.82, 2.24) is 0 Å². The molecule has 1 heterocycles. The van der Waals surface area contributed by atoms with E-state index in [0.717, 1.165) is 38.7 Å². The van der Waals surface area contributed by atoms with Gasteiger partial charge in [-0.1, -0.05) is 18.6 Å². The summed E-state index contributed by atoms with van der Waals surface area (Å²) in [4.78, 5) is 0. The standard InChI is InChI=1S/C16H27NO2/c1-15(19-16-12-8-10-14-18-16)11-7-5-3-2-4-6-9-13-17/h5,7,15-16H,2-4,6,8-12,14H2,1H3/b7-5+. The first-order chi connectivity index (χ1) is 9.33. The van der Waals surface area contributed by atoms with Gasteiger partial charge in [0.25, 0.3) is 0 Å². The van der Waals surface area contributed by atoms with E-state index < -0.39 is 0 Å². The Labute approximate surface area is 117 Å². The molecule has 2 atom stereocenters. The summed E-state index contributed by atoms with van der Waals surface area (Å²) in [6, 6.07) is 2.18. The minimum atomic E-state index is 0.0168. The lowest BCUT2D eigenvalue weighted by Crippen LogP contribution is -2.26. The number of allylic oxidation sites excluding steroid dienone is 1. The second-order valence-corrected chi connectivity index (χ2v) is 5.21. The van der Waals surface area contributed by atoms with E-state index in [9.17, 15) is 0 Å². The first-order valence-corrected chi connectivity index (χ1v) is 7.62. The summed E-state index contributed by atoms with van der Waals surface area (Å²) in [7, 11) is 0. The summed E-state index contributed by atoms with van der Waals surface area (Å²) in [6.45, 7) is 2.95. The first kappa shape index (κ1) is 16.2. The molecule has 0 radical (unpaired) electrons. The summed E-state index contributed by atoms with van der Waals surface area (Å²) in [6.07, 6.45) is 14.2. The molecular formula is C16H27NO2. The van der Waals surface area contributed by atoms with E-state index in [4.69, 9.17) is 14.7 Å². The van der Waals surface area contributed by atoms with Crippen LogP contribution in [0.2, 0.25) is 0 Å². The quantitative estimate of drug-likeness (QED) is 0.460. The Morgan fingerprint density at radius 3 is 2.95 bits per heavy atom. The van der Waals surface area contributed by atoms with E-state index in [1.165, 1.54) is 19.3 Å². The highest BCUT2D eigenvalue weighted by Crippen LogP contribution is 2.16. The molecule has 0 bridgehead atoms. The summed E-state index contributed by atoms with van der Waals surface area (Å²) >= 11 is 0. The zero-order chi connectivity index (χ0) is 13.8. The molecule has 0 aromatic carbocycles. The van der Waals surface area contributed by atoms with Gasteiger partial charge in [-0.3, -0.25) is 0 Å². The maximum atomic E-state index is 8.41. The highest BCUT2D eigenvalue weighted by atomic mass is 16.7. The summed E-state index contributed by atoms with van der Waals surface area (Å²) in [5, 5.41) is 8.41. The van der Waals surface area contributed by atoms with Crippen molar-refractivity contribution in [3.8, 4) is 6.07 Å². The average molecular weight is 265 g/mol. The molecule has 0 aromatic heterocycles. The molecule has 1 aliphatic rings. The highest BCUT2D eigenvalue weighted by molar-refractivity contribution is 4.83. The van der Waals surface area contributed by atoms with Crippen molar-refractivity contribution < 1.29 is 9.47 Å². The molecule has 19 heavy (non-hydrogen) atoms. The maximum absolute atomic E-state index is 8.41. The minimum absolute atomic E-state index is 0.0168. The molecular weight excluding hydrogens is 238 g/mol. The minimum Gasteiger partial charge on any atom is -0.353 e. The van der Waals surface area contributed by atoms with Crippen LogP contribution in [0.3, 0.4) is 0 Å². The van der Waals surface area contributed by atoms with E-state index in [-0.39, 0.29) is 12.4 Å². The van der Waals surface area contributed by atoms with Gasteiger partial charge in [-0.2, -0.15) is 5.26 Å². The van der Waals surface area contributed by atoms with Gasteiger partial charge >= 0.3 is 0 Å². The summed E-state index contributed by atoms with van der Waals surface area (Å²) < 4.78 is 11.4. The molecule has 0 aliphatic carbocycles. The van der Waals surface area contributed by atoms with Gasteiger partial charge in [0.2, 0.25) is 0 Å². The van der Waals surface area contributed by atoms with Crippen LogP contribution in [0.15, 0.2) is 12.2 Å². The van der Waals surface area contributed by atoms with Crippen molar-refractivity contribution >= 4 is 0 Å². The molecule has 2 unspecified atom stereocenters. The fourth-order valence-corrected chi connectivity index (χ4v) is 2.18. The second-order valence-electron chi connectivity index (χ2n) is 5.21. The van der Waals surface area contributed by atoms with Crippen molar-refractivity contribution in [2.24, 2.45) is 0 Å². The van der Waals surface area contributed by atoms with Gasteiger partial charge in [0, 0.05) is 13.0 Å². The first-order valence-electron chi connectivity index (χ1n) is 7.62. The van der Waals surface area contributed by atoms with Crippen LogP contribution in [0.25, 0.3) is 0 Å². The lowest BCUT2D eigenvalue weighted by atomic mass is 10.1. The third-order valence-corrected chi connectivity index (χ3v) is 3.32. The molecule has 0 saturated carbocycles. The van der Waals surface area contributed by atoms with E-state index in [1.54, 1.807) is 0 Å². The topological polar surface area (TPSA) is 42.2 Å². The highest BCUT2D eigenvalue weighted by Gasteiger charge is 2.16. The van der Waals surface area contributed by atoms with Crippen LogP contribution in [0.4, 0.5) is 0 Å². The van der Waals surface area contributed by atoms with Gasteiger partial charge in [0.15, 0.2) is 6.29 Å². The number of hydrogen-bond donors (Lipinski definition) is 0. The normalized spacial score (nSPS) is 21.4. The molecule has 1 rings (SSSR count). The largest absolute Gasteiger partial charge is 0.353 e. The van der Waals surface area contributed by atoms with E-state index >= 15 is 0 Å². The lowest BCUT2D eigenvalue weighted by Gasteiger charge is -2.25. The van der Waals surface area contributed by atoms with E-state index in [1.807, 2.05) is 0 Å². The number of nitrogens with zero attached hydrogens (tertiary/aromatic N) is 1. The molecule has 1 saturated heterocycles. The van der Waals surface area contributed by atoms with Gasteiger partial charge in [0.05, 0.1) is 12.2 Å². The zero-order valence-electron chi connectivity index (χ0n) is 12.1. The number of hydrogen-bond acceptors (Lipinski definition) is 3. The molecule has 1 fully saturated rings. The Hall–Kier alpha value is -0.850. The van der Waals surface area contributed by atoms with Crippen molar-refractivity contribution in [2.75, 3.05) is 6.61 Å². The van der Waals surface area contributed by atoms with Crippen molar-refractivity contribution in [3.63, 3.8) is 0 Å². The molecule has 3 nitrogen and oxygen atoms in total.